The Kier molecular flexibility index (Phi) is 4.44. The molecule has 0 aliphatic carbocycles. The van der Waals surface area contributed by atoms with Gasteiger partial charge < -0.3 is 15.5 Å². The largest absolute Gasteiger partial charge is 0.377 e. The number of nitrogens with zero attached hydrogens (tertiary/aromatic N) is 1. The highest BCUT2D eigenvalue weighted by molar-refractivity contribution is 6.21. The second-order valence-corrected chi connectivity index (χ2v) is 7.83. The van der Waals surface area contributed by atoms with Crippen molar-refractivity contribution in [3.63, 3.8) is 0 Å². The van der Waals surface area contributed by atoms with Gasteiger partial charge in [-0.1, -0.05) is 30.3 Å². The second kappa shape index (κ2) is 7.29. The van der Waals surface area contributed by atoms with Crippen LogP contribution in [-0.2, 0) is 0 Å². The summed E-state index contributed by atoms with van der Waals surface area (Å²) in [5.74, 6) is -0.0394. The Morgan fingerprint density at radius 2 is 1.26 bits per heavy atom. The average molecular weight is 407 g/mol. The summed E-state index contributed by atoms with van der Waals surface area (Å²) in [5, 5.41) is 6.42. The summed E-state index contributed by atoms with van der Waals surface area (Å²) in [6.07, 6.45) is 3.72. The molecule has 3 aromatic rings. The molecule has 2 heterocycles. The maximum absolute atomic E-state index is 12.8. The normalized spacial score (nSPS) is 16.8. The molecule has 2 aliphatic heterocycles. The molecule has 0 atom stereocenters. The molecular weight excluding hydrogens is 386 g/mol. The maximum atomic E-state index is 12.8. The van der Waals surface area contributed by atoms with Crippen LogP contribution in [0.1, 0.15) is 31.8 Å². The fourth-order valence-corrected chi connectivity index (χ4v) is 3.99. The van der Waals surface area contributed by atoms with Crippen molar-refractivity contribution in [3.05, 3.63) is 100 Å². The van der Waals surface area contributed by atoms with Gasteiger partial charge in [0.1, 0.15) is 0 Å². The molecule has 152 valence electrons. The molecule has 3 aromatic carbocycles. The van der Waals surface area contributed by atoms with Crippen LogP contribution >= 0.6 is 0 Å². The van der Waals surface area contributed by atoms with E-state index in [1.807, 2.05) is 97.9 Å². The Balaban J connectivity index is 1.53. The van der Waals surface area contributed by atoms with E-state index in [-0.39, 0.29) is 11.6 Å². The van der Waals surface area contributed by atoms with Gasteiger partial charge in [0.15, 0.2) is 0 Å². The summed E-state index contributed by atoms with van der Waals surface area (Å²) in [5.41, 5.74) is 6.84. The topological polar surface area (TPSA) is 61.4 Å². The van der Waals surface area contributed by atoms with Crippen LogP contribution in [0.3, 0.4) is 0 Å². The number of hydrogen-bond acceptors (Lipinski definition) is 5. The van der Waals surface area contributed by atoms with Gasteiger partial charge in [0, 0.05) is 47.8 Å². The van der Waals surface area contributed by atoms with Gasteiger partial charge in [-0.3, -0.25) is 9.59 Å². The fraction of sp³-hybridized carbons (Fsp3) is 0.0769. The van der Waals surface area contributed by atoms with Gasteiger partial charge in [0.25, 0.3) is 0 Å². The van der Waals surface area contributed by atoms with Crippen molar-refractivity contribution in [2.24, 2.45) is 0 Å². The highest BCUT2D eigenvalue weighted by Crippen LogP contribution is 2.32. The van der Waals surface area contributed by atoms with Crippen molar-refractivity contribution in [2.75, 3.05) is 29.6 Å². The van der Waals surface area contributed by atoms with E-state index in [2.05, 4.69) is 10.6 Å². The quantitative estimate of drug-likeness (QED) is 0.595. The minimum absolute atomic E-state index is 0.0183. The summed E-state index contributed by atoms with van der Waals surface area (Å²) in [6, 6.07) is 20.9. The summed E-state index contributed by atoms with van der Waals surface area (Å²) >= 11 is 0. The molecule has 0 fully saturated rings. The minimum Gasteiger partial charge on any atom is -0.377 e. The Morgan fingerprint density at radius 1 is 0.710 bits per heavy atom. The van der Waals surface area contributed by atoms with E-state index < -0.39 is 0 Å². The first-order chi connectivity index (χ1) is 15.0. The number of ketones is 2. The molecule has 5 nitrogen and oxygen atoms in total. The van der Waals surface area contributed by atoms with Crippen LogP contribution in [0.15, 0.2) is 78.1 Å². The number of Topliss-reactive ketones (excluding diaryl/α,β-unsaturated/α-hetero) is 2. The first-order valence-corrected chi connectivity index (χ1v) is 10.1. The zero-order valence-electron chi connectivity index (χ0n) is 17.3. The summed E-state index contributed by atoms with van der Waals surface area (Å²) in [6.45, 7) is 0. The van der Waals surface area contributed by atoms with Crippen molar-refractivity contribution >= 4 is 40.8 Å². The predicted molar refractivity (Wildman–Crippen MR) is 126 cm³/mol. The predicted octanol–water partition coefficient (Wildman–Crippen LogP) is 5.05. The summed E-state index contributed by atoms with van der Waals surface area (Å²) in [7, 11) is 3.93. The van der Waals surface area contributed by atoms with Gasteiger partial charge in [-0.15, -0.1) is 0 Å². The Morgan fingerprint density at radius 3 is 1.81 bits per heavy atom. The number of para-hydroxylation sites is 2. The Bertz CT molecular complexity index is 1300. The third-order valence-corrected chi connectivity index (χ3v) is 5.52. The molecule has 0 saturated carbocycles. The average Bonchev–Trinajstić information content (AvgIpc) is 3.25. The van der Waals surface area contributed by atoms with Crippen molar-refractivity contribution in [2.45, 2.75) is 0 Å². The number of fused-ring (bicyclic) bond motifs is 2. The number of benzene rings is 3. The molecule has 2 N–H and O–H groups in total. The van der Waals surface area contributed by atoms with Crippen molar-refractivity contribution in [3.8, 4) is 0 Å². The van der Waals surface area contributed by atoms with Crippen LogP contribution in [0.4, 0.5) is 17.1 Å². The zero-order valence-corrected chi connectivity index (χ0v) is 17.3. The lowest BCUT2D eigenvalue weighted by Crippen LogP contribution is -2.11. The van der Waals surface area contributed by atoms with Crippen molar-refractivity contribution < 1.29 is 9.59 Å². The third-order valence-electron chi connectivity index (χ3n) is 5.52. The van der Waals surface area contributed by atoms with E-state index >= 15 is 0 Å². The smallest absolute Gasteiger partial charge is 0.211 e. The molecule has 0 unspecified atom stereocenters. The first-order valence-electron chi connectivity index (χ1n) is 10.1. The zero-order chi connectivity index (χ0) is 21.5. The molecule has 31 heavy (non-hydrogen) atoms. The van der Waals surface area contributed by atoms with Crippen LogP contribution in [0.2, 0.25) is 0 Å². The lowest BCUT2D eigenvalue weighted by Gasteiger charge is -2.17. The standard InChI is InChI=1S/C26H21N3O2/c1-29(2)24-12-11-16(14-22-25(30)18-7-3-5-9-20(18)27-22)13-17(24)15-23-26(31)19-8-4-6-10-21(19)28-23/h3-15,27-28H,1-2H3. The third kappa shape index (κ3) is 3.30. The highest BCUT2D eigenvalue weighted by atomic mass is 16.1. The van der Waals surface area contributed by atoms with E-state index in [4.69, 9.17) is 0 Å². The van der Waals surface area contributed by atoms with E-state index in [1.54, 1.807) is 0 Å². The van der Waals surface area contributed by atoms with Gasteiger partial charge in [0.2, 0.25) is 11.6 Å². The van der Waals surface area contributed by atoms with E-state index in [0.717, 1.165) is 28.2 Å². The number of anilines is 3. The number of allylic oxidation sites excluding steroid dienone is 2. The lowest BCUT2D eigenvalue weighted by molar-refractivity contribution is 0.103. The highest BCUT2D eigenvalue weighted by Gasteiger charge is 2.25. The van der Waals surface area contributed by atoms with Gasteiger partial charge in [0.05, 0.1) is 11.4 Å². The number of carbonyl (C=O) groups excluding carboxylic acids is 2. The number of carbonyl (C=O) groups is 2. The Hall–Kier alpha value is -4.12. The van der Waals surface area contributed by atoms with Crippen LogP contribution in [0, 0.1) is 0 Å². The van der Waals surface area contributed by atoms with Gasteiger partial charge in [-0.2, -0.15) is 0 Å². The van der Waals surface area contributed by atoms with Crippen molar-refractivity contribution in [1.29, 1.82) is 0 Å². The van der Waals surface area contributed by atoms with Gasteiger partial charge >= 0.3 is 0 Å². The molecule has 0 bridgehead atoms. The number of rotatable bonds is 3. The van der Waals surface area contributed by atoms with Crippen LogP contribution in [0.25, 0.3) is 12.2 Å². The summed E-state index contributed by atoms with van der Waals surface area (Å²) in [4.78, 5) is 27.5. The summed E-state index contributed by atoms with van der Waals surface area (Å²) < 4.78 is 0. The minimum atomic E-state index is -0.0212. The molecule has 2 aliphatic rings. The fourth-order valence-electron chi connectivity index (χ4n) is 3.99. The van der Waals surface area contributed by atoms with Crippen LogP contribution in [-0.4, -0.2) is 25.7 Å². The van der Waals surface area contributed by atoms with Crippen LogP contribution in [0.5, 0.6) is 0 Å². The maximum Gasteiger partial charge on any atom is 0.211 e. The van der Waals surface area contributed by atoms with E-state index in [0.29, 0.717) is 22.5 Å². The van der Waals surface area contributed by atoms with Gasteiger partial charge in [-0.25, -0.2) is 0 Å². The monoisotopic (exact) mass is 407 g/mol. The van der Waals surface area contributed by atoms with Crippen molar-refractivity contribution in [1.82, 2.24) is 0 Å². The van der Waals surface area contributed by atoms with E-state index in [9.17, 15) is 9.59 Å². The van der Waals surface area contributed by atoms with E-state index in [1.165, 1.54) is 0 Å². The SMILES string of the molecule is CN(C)c1ccc(C=C2Nc3ccccc3C2=O)cc1C=C1Nc2ccccc2C1=O. The molecule has 0 saturated heterocycles. The first kappa shape index (κ1) is 18.9. The Labute approximate surface area is 180 Å². The molecule has 0 spiro atoms. The molecular formula is C26H21N3O2. The molecule has 0 radical (unpaired) electrons. The molecule has 0 amide bonds. The van der Waals surface area contributed by atoms with Crippen LogP contribution < -0.4 is 15.5 Å². The molecule has 0 aromatic heterocycles. The van der Waals surface area contributed by atoms with Gasteiger partial charge in [-0.05, 0) is 54.1 Å². The lowest BCUT2D eigenvalue weighted by atomic mass is 10.0. The number of nitrogens with one attached hydrogen (secondary N) is 2. The molecule has 5 rings (SSSR count). The molecule has 5 heteroatoms. The second-order valence-electron chi connectivity index (χ2n) is 7.83. The number of hydrogen-bond donors (Lipinski definition) is 2.